The van der Waals surface area contributed by atoms with E-state index in [0.29, 0.717) is 5.75 Å². The highest BCUT2D eigenvalue weighted by atomic mass is 32.2. The van der Waals surface area contributed by atoms with Crippen LogP contribution < -0.4 is 10.2 Å². The molecule has 0 radical (unpaired) electrons. The average Bonchev–Trinajstić information content (AvgIpc) is 3.41. The molecule has 8 heteroatoms. The van der Waals surface area contributed by atoms with Crippen LogP contribution in [0.3, 0.4) is 0 Å². The maximum Gasteiger partial charge on any atom is 0.234 e. The zero-order chi connectivity index (χ0) is 20.1. The van der Waals surface area contributed by atoms with Crippen LogP contribution >= 0.6 is 23.1 Å². The molecule has 1 aromatic carbocycles. The number of benzene rings is 1. The third-order valence-corrected chi connectivity index (χ3v) is 7.15. The Morgan fingerprint density at radius 3 is 2.76 bits per heavy atom. The quantitative estimate of drug-likeness (QED) is 0.413. The van der Waals surface area contributed by atoms with Gasteiger partial charge in [-0.15, -0.1) is 0 Å². The van der Waals surface area contributed by atoms with Crippen LogP contribution in [-0.2, 0) is 11.2 Å². The molecule has 0 unspecified atom stereocenters. The van der Waals surface area contributed by atoms with Gasteiger partial charge in [-0.05, 0) is 43.4 Å². The lowest BCUT2D eigenvalue weighted by atomic mass is 10.1. The molecule has 4 rings (SSSR count). The summed E-state index contributed by atoms with van der Waals surface area (Å²) >= 11 is 3.06. The van der Waals surface area contributed by atoms with Gasteiger partial charge < -0.3 is 10.2 Å². The van der Waals surface area contributed by atoms with E-state index >= 15 is 0 Å². The molecule has 1 N–H and O–H groups in total. The minimum atomic E-state index is -0.0349. The van der Waals surface area contributed by atoms with Crippen molar-refractivity contribution in [1.29, 1.82) is 0 Å². The lowest BCUT2D eigenvalue weighted by molar-refractivity contribution is -0.113. The van der Waals surface area contributed by atoms with E-state index in [-0.39, 0.29) is 5.91 Å². The van der Waals surface area contributed by atoms with E-state index in [1.165, 1.54) is 49.3 Å². The van der Waals surface area contributed by atoms with Gasteiger partial charge >= 0.3 is 0 Å². The molecule has 1 fully saturated rings. The topological polar surface area (TPSA) is 71.0 Å². The van der Waals surface area contributed by atoms with Gasteiger partial charge in [0.15, 0.2) is 10.8 Å². The highest BCUT2D eigenvalue weighted by Crippen LogP contribution is 2.34. The molecule has 0 spiro atoms. The summed E-state index contributed by atoms with van der Waals surface area (Å²) in [5, 5.41) is 4.80. The van der Waals surface area contributed by atoms with E-state index in [1.807, 2.05) is 12.1 Å². The minimum Gasteiger partial charge on any atom is -0.348 e. The van der Waals surface area contributed by atoms with Crippen molar-refractivity contribution in [3.8, 4) is 0 Å². The van der Waals surface area contributed by atoms with Crippen molar-refractivity contribution in [2.45, 2.75) is 44.1 Å². The van der Waals surface area contributed by atoms with E-state index in [0.717, 1.165) is 45.7 Å². The molecule has 0 bridgehead atoms. The molecule has 1 aliphatic rings. The summed E-state index contributed by atoms with van der Waals surface area (Å²) in [6.45, 7) is 4.29. The number of aryl methyl sites for hydroxylation is 1. The first-order valence-electron chi connectivity index (χ1n) is 10.1. The van der Waals surface area contributed by atoms with Crippen molar-refractivity contribution in [2.75, 3.05) is 29.1 Å². The number of aromatic nitrogens is 3. The van der Waals surface area contributed by atoms with E-state index in [4.69, 9.17) is 0 Å². The van der Waals surface area contributed by atoms with Gasteiger partial charge in [0, 0.05) is 18.8 Å². The number of carbonyl (C=O) groups is 1. The van der Waals surface area contributed by atoms with Crippen molar-refractivity contribution in [1.82, 2.24) is 15.0 Å². The first-order valence-corrected chi connectivity index (χ1v) is 11.9. The van der Waals surface area contributed by atoms with Crippen LogP contribution in [0.2, 0.25) is 0 Å². The lowest BCUT2D eigenvalue weighted by Gasteiger charge is -2.11. The predicted octanol–water partition coefficient (Wildman–Crippen LogP) is 4.76. The zero-order valence-electron chi connectivity index (χ0n) is 16.6. The molecular formula is C21H25N5OS2. The summed E-state index contributed by atoms with van der Waals surface area (Å²) in [6.07, 6.45) is 7.41. The minimum absolute atomic E-state index is 0.0349. The number of thiazole rings is 1. The fourth-order valence-corrected chi connectivity index (χ4v) is 5.28. The Balaban J connectivity index is 1.37. The maximum absolute atomic E-state index is 12.4. The van der Waals surface area contributed by atoms with Gasteiger partial charge in [0.05, 0.1) is 5.75 Å². The van der Waals surface area contributed by atoms with Crippen LogP contribution in [0.15, 0.2) is 35.6 Å². The summed E-state index contributed by atoms with van der Waals surface area (Å²) in [5.74, 6) is 0.271. The van der Waals surface area contributed by atoms with Crippen molar-refractivity contribution in [3.63, 3.8) is 0 Å². The third kappa shape index (κ3) is 5.05. The third-order valence-electron chi connectivity index (χ3n) is 4.92. The highest BCUT2D eigenvalue weighted by molar-refractivity contribution is 8.00. The number of carbonyl (C=O) groups excluding carboxylic acids is 1. The zero-order valence-corrected chi connectivity index (χ0v) is 18.2. The molecule has 3 aromatic rings. The maximum atomic E-state index is 12.4. The fraction of sp³-hybridized carbons (Fsp3) is 0.429. The van der Waals surface area contributed by atoms with Crippen molar-refractivity contribution >= 4 is 50.2 Å². The molecule has 0 aliphatic carbocycles. The van der Waals surface area contributed by atoms with Gasteiger partial charge in [0.2, 0.25) is 5.91 Å². The van der Waals surface area contributed by atoms with E-state index in [1.54, 1.807) is 11.3 Å². The molecule has 0 saturated carbocycles. The van der Waals surface area contributed by atoms with Gasteiger partial charge in [-0.3, -0.25) is 4.79 Å². The largest absolute Gasteiger partial charge is 0.348 e. The van der Waals surface area contributed by atoms with Gasteiger partial charge in [0.1, 0.15) is 16.1 Å². The van der Waals surface area contributed by atoms with Crippen molar-refractivity contribution in [3.05, 3.63) is 36.2 Å². The Kier molecular flexibility index (Phi) is 6.61. The molecule has 1 saturated heterocycles. The van der Waals surface area contributed by atoms with Gasteiger partial charge in [0.25, 0.3) is 0 Å². The number of hydrogen-bond donors (Lipinski definition) is 1. The smallest absolute Gasteiger partial charge is 0.234 e. The number of unbranched alkanes of at least 4 members (excludes halogenated alkanes) is 1. The Morgan fingerprint density at radius 1 is 1.21 bits per heavy atom. The van der Waals surface area contributed by atoms with Gasteiger partial charge in [-0.25, -0.2) is 9.97 Å². The number of amides is 1. The number of hydrogen-bond acceptors (Lipinski definition) is 7. The van der Waals surface area contributed by atoms with Crippen LogP contribution in [0.1, 0.15) is 38.2 Å². The van der Waals surface area contributed by atoms with Gasteiger partial charge in [-0.2, -0.15) is 4.98 Å². The second-order valence-corrected chi connectivity index (χ2v) is 9.10. The number of fused-ring (bicyclic) bond motifs is 1. The van der Waals surface area contributed by atoms with Crippen molar-refractivity contribution in [2.24, 2.45) is 0 Å². The molecule has 0 atom stereocenters. The first-order chi connectivity index (χ1) is 14.2. The van der Waals surface area contributed by atoms with Crippen LogP contribution in [0.5, 0.6) is 0 Å². The number of rotatable bonds is 8. The van der Waals surface area contributed by atoms with Crippen molar-refractivity contribution < 1.29 is 4.79 Å². The summed E-state index contributed by atoms with van der Waals surface area (Å²) < 4.78 is 0.965. The Bertz CT molecular complexity index is 967. The molecular weight excluding hydrogens is 402 g/mol. The monoisotopic (exact) mass is 427 g/mol. The van der Waals surface area contributed by atoms with E-state index in [2.05, 4.69) is 44.2 Å². The second kappa shape index (κ2) is 9.54. The predicted molar refractivity (Wildman–Crippen MR) is 121 cm³/mol. The van der Waals surface area contributed by atoms with E-state index < -0.39 is 0 Å². The normalized spacial score (nSPS) is 13.9. The van der Waals surface area contributed by atoms with E-state index in [9.17, 15) is 4.79 Å². The average molecular weight is 428 g/mol. The highest BCUT2D eigenvalue weighted by Gasteiger charge is 2.19. The SMILES string of the molecule is CCCCc1ccc(NC(=O)CSc2ncnc3nc(N4CCCC4)sc23)cc1. The molecule has 1 aliphatic heterocycles. The van der Waals surface area contributed by atoms with Crippen LogP contribution in [0, 0.1) is 0 Å². The summed E-state index contributed by atoms with van der Waals surface area (Å²) in [6, 6.07) is 8.12. The Labute approximate surface area is 179 Å². The standard InChI is InChI=1S/C21H25N5OS2/c1-2-3-6-15-7-9-16(10-8-15)24-17(27)13-28-20-18-19(22-14-23-20)25-21(29-18)26-11-4-5-12-26/h7-10,14H,2-6,11-13H2,1H3,(H,24,27). The number of nitrogens with zero attached hydrogens (tertiary/aromatic N) is 4. The molecule has 29 heavy (non-hydrogen) atoms. The molecule has 2 aromatic heterocycles. The molecule has 152 valence electrons. The number of anilines is 2. The molecule has 6 nitrogen and oxygen atoms in total. The van der Waals surface area contributed by atoms with Crippen LogP contribution in [-0.4, -0.2) is 39.7 Å². The Hall–Kier alpha value is -2.19. The van der Waals surface area contributed by atoms with Crippen LogP contribution in [0.25, 0.3) is 10.3 Å². The lowest BCUT2D eigenvalue weighted by Crippen LogP contribution is -2.16. The fourth-order valence-electron chi connectivity index (χ4n) is 3.34. The Morgan fingerprint density at radius 2 is 2.00 bits per heavy atom. The van der Waals surface area contributed by atoms with Gasteiger partial charge in [-0.1, -0.05) is 48.6 Å². The number of thioether (sulfide) groups is 1. The summed E-state index contributed by atoms with van der Waals surface area (Å²) in [5.41, 5.74) is 2.86. The summed E-state index contributed by atoms with van der Waals surface area (Å²) in [4.78, 5) is 28.1. The van der Waals surface area contributed by atoms with Crippen LogP contribution in [0.4, 0.5) is 10.8 Å². The second-order valence-electron chi connectivity index (χ2n) is 7.16. The molecule has 3 heterocycles. The first kappa shape index (κ1) is 20.1. The number of nitrogens with one attached hydrogen (secondary N) is 1. The summed E-state index contributed by atoms with van der Waals surface area (Å²) in [7, 11) is 0. The molecule has 1 amide bonds.